The summed E-state index contributed by atoms with van der Waals surface area (Å²) in [6, 6.07) is 10.3. The number of alkyl halides is 3. The fourth-order valence-electron chi connectivity index (χ4n) is 2.60. The van der Waals surface area contributed by atoms with Crippen molar-refractivity contribution >= 4 is 19.7 Å². The summed E-state index contributed by atoms with van der Waals surface area (Å²) in [5, 5.41) is 0.220. The van der Waals surface area contributed by atoms with Crippen LogP contribution in [0.25, 0.3) is 0 Å². The van der Waals surface area contributed by atoms with Crippen LogP contribution in [0.5, 0.6) is 0 Å². The van der Waals surface area contributed by atoms with E-state index >= 15 is 0 Å². The van der Waals surface area contributed by atoms with E-state index in [1.54, 1.807) is 57.2 Å². The Balaban J connectivity index is 0.00000264. The quantitative estimate of drug-likeness (QED) is 0.476. The number of benzene rings is 2. The van der Waals surface area contributed by atoms with Crippen molar-refractivity contribution in [2.75, 3.05) is 0 Å². The number of hydrogen-bond donors (Lipinski definition) is 0. The van der Waals surface area contributed by atoms with E-state index in [0.29, 0.717) is 27.8 Å². The second-order valence-corrected chi connectivity index (χ2v) is 6.52. The smallest absolute Gasteiger partial charge is 1.00 e. The van der Waals surface area contributed by atoms with Crippen molar-refractivity contribution in [3.63, 3.8) is 0 Å². The van der Waals surface area contributed by atoms with Gasteiger partial charge in [-0.3, -0.25) is 4.79 Å². The van der Waals surface area contributed by atoms with Crippen LogP contribution >= 0.6 is 8.58 Å². The number of aryl methyl sites for hydroxylation is 2. The Morgan fingerprint density at radius 1 is 1.04 bits per heavy atom. The van der Waals surface area contributed by atoms with Gasteiger partial charge in [-0.2, -0.15) is 13.2 Å². The third kappa shape index (κ3) is 4.70. The van der Waals surface area contributed by atoms with Crippen molar-refractivity contribution in [2.24, 2.45) is 0 Å². The zero-order valence-corrected chi connectivity index (χ0v) is 14.5. The normalized spacial score (nSPS) is 11.6. The van der Waals surface area contributed by atoms with E-state index < -0.39 is 14.5 Å². The van der Waals surface area contributed by atoms with E-state index in [9.17, 15) is 18.0 Å². The van der Waals surface area contributed by atoms with Crippen LogP contribution in [0, 0.1) is 20.8 Å². The van der Waals surface area contributed by atoms with Gasteiger partial charge in [0.05, 0.1) is 0 Å². The standard InChI is InChI=1S/C17H16F3OP.Li.H/c1-10-9-11(2)16(22-17(18,19)20)12(3)14(10)15(21)13-7-5-4-6-8-13;;/h4-9,22H,1-3H3;;/q;+1;-1. The Bertz CT molecular complexity index is 718. The van der Waals surface area contributed by atoms with Gasteiger partial charge in [0, 0.05) is 19.7 Å². The molecule has 0 saturated carbocycles. The van der Waals surface area contributed by atoms with Crippen molar-refractivity contribution in [1.82, 2.24) is 0 Å². The second-order valence-electron chi connectivity index (χ2n) is 5.20. The predicted octanol–water partition coefficient (Wildman–Crippen LogP) is 1.78. The Kier molecular flexibility index (Phi) is 6.66. The fourth-order valence-corrected chi connectivity index (χ4v) is 3.47. The number of rotatable bonds is 3. The molecule has 118 valence electrons. The van der Waals surface area contributed by atoms with Crippen molar-refractivity contribution < 1.29 is 38.3 Å². The third-order valence-electron chi connectivity index (χ3n) is 3.50. The Hall–Kier alpha value is -1.07. The van der Waals surface area contributed by atoms with Crippen LogP contribution in [-0.4, -0.2) is 11.7 Å². The zero-order chi connectivity index (χ0) is 16.5. The maximum absolute atomic E-state index is 12.8. The number of ketones is 1. The molecule has 0 fully saturated rings. The van der Waals surface area contributed by atoms with Gasteiger partial charge >= 0.3 is 24.8 Å². The first kappa shape index (κ1) is 20.0. The minimum Gasteiger partial charge on any atom is -1.00 e. The first-order valence-corrected chi connectivity index (χ1v) is 7.76. The largest absolute Gasteiger partial charge is 1.00 e. The molecule has 2 aromatic carbocycles. The van der Waals surface area contributed by atoms with Gasteiger partial charge in [0.2, 0.25) is 0 Å². The molecule has 2 aromatic rings. The first-order valence-electron chi connectivity index (χ1n) is 6.76. The Labute approximate surface area is 149 Å². The molecule has 2 rings (SSSR count). The average Bonchev–Trinajstić information content (AvgIpc) is 2.43. The molecule has 0 aliphatic heterocycles. The maximum Gasteiger partial charge on any atom is 1.00 e. The molecule has 0 aliphatic carbocycles. The summed E-state index contributed by atoms with van der Waals surface area (Å²) in [6.45, 7) is 5.02. The number of halogens is 3. The zero-order valence-electron chi connectivity index (χ0n) is 14.5. The summed E-state index contributed by atoms with van der Waals surface area (Å²) in [4.78, 5) is 12.6. The predicted molar refractivity (Wildman–Crippen MR) is 85.6 cm³/mol. The topological polar surface area (TPSA) is 17.1 Å². The molecule has 0 bridgehead atoms. The molecule has 1 atom stereocenters. The van der Waals surface area contributed by atoms with E-state index in [2.05, 4.69) is 0 Å². The Morgan fingerprint density at radius 3 is 2.13 bits per heavy atom. The molecule has 0 heterocycles. The molecule has 23 heavy (non-hydrogen) atoms. The number of carbonyl (C=O) groups excluding carboxylic acids is 1. The fraction of sp³-hybridized carbons (Fsp3) is 0.235. The van der Waals surface area contributed by atoms with Crippen molar-refractivity contribution in [3.05, 3.63) is 64.2 Å². The molecule has 0 saturated heterocycles. The van der Waals surface area contributed by atoms with Gasteiger partial charge in [-0.25, -0.2) is 0 Å². The number of hydrogen-bond acceptors (Lipinski definition) is 1. The molecular formula is C17H17F3LiOP. The molecule has 0 spiro atoms. The molecule has 6 heteroatoms. The van der Waals surface area contributed by atoms with Crippen molar-refractivity contribution in [3.8, 4) is 0 Å². The third-order valence-corrected chi connectivity index (χ3v) is 4.80. The van der Waals surface area contributed by atoms with E-state index in [1.807, 2.05) is 0 Å². The van der Waals surface area contributed by atoms with Crippen molar-refractivity contribution in [1.29, 1.82) is 0 Å². The molecule has 0 N–H and O–H groups in total. The Morgan fingerprint density at radius 2 is 1.61 bits per heavy atom. The van der Waals surface area contributed by atoms with Crippen LogP contribution in [0.15, 0.2) is 36.4 Å². The van der Waals surface area contributed by atoms with Gasteiger partial charge in [-0.1, -0.05) is 36.4 Å². The molecule has 1 nitrogen and oxygen atoms in total. The molecule has 0 aromatic heterocycles. The van der Waals surface area contributed by atoms with Crippen LogP contribution in [-0.2, 0) is 0 Å². The molecule has 1 unspecified atom stereocenters. The van der Waals surface area contributed by atoms with Gasteiger partial charge in [-0.05, 0) is 42.8 Å². The van der Waals surface area contributed by atoms with Gasteiger partial charge in [0.25, 0.3) is 0 Å². The van der Waals surface area contributed by atoms with Gasteiger partial charge in [0.1, 0.15) is 0 Å². The monoisotopic (exact) mass is 332 g/mol. The SMILES string of the molecule is Cc1cc(C)c(C(=O)c2ccccc2)c(C)c1PC(F)(F)F.[H-].[Li+]. The molecule has 0 aliphatic rings. The summed E-state index contributed by atoms with van der Waals surface area (Å²) in [7, 11) is -1.30. The molecular weight excluding hydrogens is 315 g/mol. The van der Waals surface area contributed by atoms with Crippen LogP contribution in [0.3, 0.4) is 0 Å². The maximum atomic E-state index is 12.8. The summed E-state index contributed by atoms with van der Waals surface area (Å²) < 4.78 is 38.4. The number of carbonyl (C=O) groups is 1. The molecule has 0 amide bonds. The van der Waals surface area contributed by atoms with E-state index in [4.69, 9.17) is 0 Å². The van der Waals surface area contributed by atoms with Gasteiger partial charge in [-0.15, -0.1) is 0 Å². The van der Waals surface area contributed by atoms with E-state index in [0.717, 1.165) is 0 Å². The first-order chi connectivity index (χ1) is 10.2. The van der Waals surface area contributed by atoms with Crippen LogP contribution in [0.2, 0.25) is 0 Å². The molecule has 0 radical (unpaired) electrons. The average molecular weight is 332 g/mol. The summed E-state index contributed by atoms with van der Waals surface area (Å²) in [6.07, 6.45) is 0. The van der Waals surface area contributed by atoms with Crippen LogP contribution in [0.1, 0.15) is 34.0 Å². The minimum atomic E-state index is -4.27. The van der Waals surface area contributed by atoms with Gasteiger partial charge < -0.3 is 1.43 Å². The van der Waals surface area contributed by atoms with E-state index in [1.165, 1.54) is 0 Å². The summed E-state index contributed by atoms with van der Waals surface area (Å²) in [5.74, 6) is -4.50. The van der Waals surface area contributed by atoms with E-state index in [-0.39, 0.29) is 31.4 Å². The van der Waals surface area contributed by atoms with Crippen LogP contribution < -0.4 is 24.2 Å². The summed E-state index contributed by atoms with van der Waals surface area (Å²) in [5.41, 5.74) is 2.58. The van der Waals surface area contributed by atoms with Gasteiger partial charge in [0.15, 0.2) is 5.78 Å². The second kappa shape index (κ2) is 7.66. The van der Waals surface area contributed by atoms with Crippen LogP contribution in [0.4, 0.5) is 13.2 Å². The summed E-state index contributed by atoms with van der Waals surface area (Å²) >= 11 is 0. The minimum absolute atomic E-state index is 0. The van der Waals surface area contributed by atoms with Crippen molar-refractivity contribution in [2.45, 2.75) is 26.7 Å².